The van der Waals surface area contributed by atoms with Crippen LogP contribution in [0.5, 0.6) is 0 Å². The Morgan fingerprint density at radius 2 is 1.88 bits per heavy atom. The van der Waals surface area contributed by atoms with Crippen molar-refractivity contribution >= 4 is 11.8 Å². The molecule has 4 heteroatoms. The average molecular weight is 226 g/mol. The lowest BCUT2D eigenvalue weighted by Gasteiger charge is -2.07. The number of carbonyl (C=O) groups excluding carboxylic acids is 2. The quantitative estimate of drug-likeness (QED) is 0.665. The van der Waals surface area contributed by atoms with Gasteiger partial charge in [-0.2, -0.15) is 0 Å². The van der Waals surface area contributed by atoms with E-state index >= 15 is 0 Å². The molecule has 0 radical (unpaired) electrons. The van der Waals surface area contributed by atoms with Gasteiger partial charge in [0.05, 0.1) is 11.8 Å². The molecule has 0 spiro atoms. The molecule has 4 nitrogen and oxygen atoms in total. The van der Waals surface area contributed by atoms with E-state index in [2.05, 4.69) is 17.6 Å². The van der Waals surface area contributed by atoms with Crippen LogP contribution in [0.2, 0.25) is 0 Å². The number of hydrogen-bond acceptors (Lipinski definition) is 2. The molecule has 1 saturated carbocycles. The first kappa shape index (κ1) is 13.0. The molecule has 0 aliphatic heterocycles. The standard InChI is InChI=1S/C12H22N2O2/c1-4-5-6-13-11(15)9-7-10(9)12(16)14-8(2)3/h8-10H,4-7H2,1-3H3,(H,13,15)(H,14,16). The van der Waals surface area contributed by atoms with Crippen LogP contribution < -0.4 is 10.6 Å². The Morgan fingerprint density at radius 3 is 2.44 bits per heavy atom. The van der Waals surface area contributed by atoms with Crippen LogP contribution in [0.25, 0.3) is 0 Å². The van der Waals surface area contributed by atoms with Crippen molar-refractivity contribution in [3.63, 3.8) is 0 Å². The van der Waals surface area contributed by atoms with E-state index in [0.29, 0.717) is 6.42 Å². The predicted octanol–water partition coefficient (Wildman–Crippen LogP) is 1.06. The summed E-state index contributed by atoms with van der Waals surface area (Å²) in [6.07, 6.45) is 2.78. The molecule has 0 aromatic carbocycles. The molecular formula is C12H22N2O2. The van der Waals surface area contributed by atoms with Crippen LogP contribution in [-0.4, -0.2) is 24.4 Å². The van der Waals surface area contributed by atoms with Crippen molar-refractivity contribution in [1.29, 1.82) is 0 Å². The Kier molecular flexibility index (Phi) is 4.77. The second-order valence-corrected chi connectivity index (χ2v) is 4.76. The van der Waals surface area contributed by atoms with Gasteiger partial charge in [-0.25, -0.2) is 0 Å². The monoisotopic (exact) mass is 226 g/mol. The molecule has 2 atom stereocenters. The van der Waals surface area contributed by atoms with E-state index in [1.807, 2.05) is 13.8 Å². The molecule has 1 aliphatic carbocycles. The van der Waals surface area contributed by atoms with Gasteiger partial charge < -0.3 is 10.6 Å². The van der Waals surface area contributed by atoms with Crippen molar-refractivity contribution < 1.29 is 9.59 Å². The maximum atomic E-state index is 11.6. The van der Waals surface area contributed by atoms with Gasteiger partial charge in [-0.15, -0.1) is 0 Å². The van der Waals surface area contributed by atoms with Gasteiger partial charge in [0.2, 0.25) is 11.8 Å². The average Bonchev–Trinajstić information content (AvgIpc) is 2.96. The van der Waals surface area contributed by atoms with Crippen LogP contribution >= 0.6 is 0 Å². The largest absolute Gasteiger partial charge is 0.356 e. The van der Waals surface area contributed by atoms with E-state index in [-0.39, 0.29) is 29.7 Å². The molecule has 0 aromatic heterocycles. The van der Waals surface area contributed by atoms with Crippen LogP contribution in [0.4, 0.5) is 0 Å². The van der Waals surface area contributed by atoms with Gasteiger partial charge in [-0.1, -0.05) is 13.3 Å². The molecule has 16 heavy (non-hydrogen) atoms. The summed E-state index contributed by atoms with van der Waals surface area (Å²) in [5.41, 5.74) is 0. The van der Waals surface area contributed by atoms with Gasteiger partial charge in [0.15, 0.2) is 0 Å². The number of rotatable bonds is 6. The second kappa shape index (κ2) is 5.87. The number of hydrogen-bond donors (Lipinski definition) is 2. The molecule has 2 unspecified atom stereocenters. The summed E-state index contributed by atoms with van der Waals surface area (Å²) in [5.74, 6) is -0.123. The summed E-state index contributed by atoms with van der Waals surface area (Å²) in [5, 5.41) is 5.70. The molecule has 92 valence electrons. The molecule has 2 N–H and O–H groups in total. The van der Waals surface area contributed by atoms with Crippen molar-refractivity contribution in [2.24, 2.45) is 11.8 Å². The molecule has 1 fully saturated rings. The van der Waals surface area contributed by atoms with E-state index in [4.69, 9.17) is 0 Å². The summed E-state index contributed by atoms with van der Waals surface area (Å²) in [4.78, 5) is 23.2. The number of unbranched alkanes of at least 4 members (excludes halogenated alkanes) is 1. The number of nitrogens with one attached hydrogen (secondary N) is 2. The maximum absolute atomic E-state index is 11.6. The molecular weight excluding hydrogens is 204 g/mol. The fourth-order valence-electron chi connectivity index (χ4n) is 1.69. The highest BCUT2D eigenvalue weighted by molar-refractivity contribution is 5.92. The van der Waals surface area contributed by atoms with E-state index in [0.717, 1.165) is 19.4 Å². The summed E-state index contributed by atoms with van der Waals surface area (Å²) in [6.45, 7) is 6.67. The Labute approximate surface area is 97.2 Å². The van der Waals surface area contributed by atoms with Gasteiger partial charge in [0.25, 0.3) is 0 Å². The Morgan fingerprint density at radius 1 is 1.25 bits per heavy atom. The summed E-state index contributed by atoms with van der Waals surface area (Å²) >= 11 is 0. The highest BCUT2D eigenvalue weighted by Crippen LogP contribution is 2.38. The van der Waals surface area contributed by atoms with E-state index < -0.39 is 0 Å². The lowest BCUT2D eigenvalue weighted by atomic mass is 10.2. The summed E-state index contributed by atoms with van der Waals surface area (Å²) < 4.78 is 0. The zero-order chi connectivity index (χ0) is 12.1. The Bertz CT molecular complexity index is 264. The van der Waals surface area contributed by atoms with Crippen molar-refractivity contribution in [2.75, 3.05) is 6.54 Å². The van der Waals surface area contributed by atoms with E-state index in [9.17, 15) is 9.59 Å². The van der Waals surface area contributed by atoms with E-state index in [1.165, 1.54) is 0 Å². The smallest absolute Gasteiger partial charge is 0.224 e. The third-order valence-electron chi connectivity index (χ3n) is 2.72. The van der Waals surface area contributed by atoms with Crippen LogP contribution in [0.15, 0.2) is 0 Å². The topological polar surface area (TPSA) is 58.2 Å². The van der Waals surface area contributed by atoms with Crippen LogP contribution in [-0.2, 0) is 9.59 Å². The highest BCUT2D eigenvalue weighted by Gasteiger charge is 2.47. The van der Waals surface area contributed by atoms with Gasteiger partial charge >= 0.3 is 0 Å². The van der Waals surface area contributed by atoms with Crippen molar-refractivity contribution in [3.8, 4) is 0 Å². The minimum absolute atomic E-state index is 0.0191. The first-order valence-corrected chi connectivity index (χ1v) is 6.14. The first-order valence-electron chi connectivity index (χ1n) is 6.14. The van der Waals surface area contributed by atoms with Crippen LogP contribution in [0.3, 0.4) is 0 Å². The molecule has 1 rings (SSSR count). The molecule has 2 amide bonds. The Balaban J connectivity index is 2.22. The van der Waals surface area contributed by atoms with Gasteiger partial charge in [0, 0.05) is 12.6 Å². The molecule has 0 saturated heterocycles. The molecule has 0 heterocycles. The molecule has 1 aliphatic rings. The fourth-order valence-corrected chi connectivity index (χ4v) is 1.69. The highest BCUT2D eigenvalue weighted by atomic mass is 16.2. The minimum Gasteiger partial charge on any atom is -0.356 e. The third kappa shape index (κ3) is 3.83. The zero-order valence-corrected chi connectivity index (χ0v) is 10.4. The second-order valence-electron chi connectivity index (χ2n) is 4.76. The number of amides is 2. The number of carbonyl (C=O) groups is 2. The lowest BCUT2D eigenvalue weighted by molar-refractivity contribution is -0.127. The van der Waals surface area contributed by atoms with Gasteiger partial charge in [-0.3, -0.25) is 9.59 Å². The van der Waals surface area contributed by atoms with Gasteiger partial charge in [0.1, 0.15) is 0 Å². The van der Waals surface area contributed by atoms with E-state index in [1.54, 1.807) is 0 Å². The Hall–Kier alpha value is -1.06. The summed E-state index contributed by atoms with van der Waals surface area (Å²) in [7, 11) is 0. The zero-order valence-electron chi connectivity index (χ0n) is 10.4. The first-order chi connectivity index (χ1) is 7.56. The van der Waals surface area contributed by atoms with Crippen LogP contribution in [0, 0.1) is 11.8 Å². The lowest BCUT2D eigenvalue weighted by Crippen LogP contribution is -2.34. The maximum Gasteiger partial charge on any atom is 0.224 e. The molecule has 0 bridgehead atoms. The van der Waals surface area contributed by atoms with Crippen molar-refractivity contribution in [1.82, 2.24) is 10.6 Å². The van der Waals surface area contributed by atoms with Crippen LogP contribution in [0.1, 0.15) is 40.0 Å². The normalized spacial score (nSPS) is 23.0. The fraction of sp³-hybridized carbons (Fsp3) is 0.833. The SMILES string of the molecule is CCCCNC(=O)C1CC1C(=O)NC(C)C. The van der Waals surface area contributed by atoms with Gasteiger partial charge in [-0.05, 0) is 26.7 Å². The molecule has 0 aromatic rings. The minimum atomic E-state index is -0.0935. The van der Waals surface area contributed by atoms with Crippen molar-refractivity contribution in [3.05, 3.63) is 0 Å². The third-order valence-corrected chi connectivity index (χ3v) is 2.72. The van der Waals surface area contributed by atoms with Crippen molar-refractivity contribution in [2.45, 2.75) is 46.1 Å². The summed E-state index contributed by atoms with van der Waals surface area (Å²) in [6, 6.07) is 0.150. The predicted molar refractivity (Wildman–Crippen MR) is 62.8 cm³/mol.